The number of amides is 2. The Balaban J connectivity index is 1.48. The van der Waals surface area contributed by atoms with Crippen LogP contribution in [0.15, 0.2) is 54.6 Å². The van der Waals surface area contributed by atoms with Gasteiger partial charge in [0.2, 0.25) is 11.8 Å². The number of hydrogen-bond acceptors (Lipinski definition) is 2. The van der Waals surface area contributed by atoms with Gasteiger partial charge in [-0.2, -0.15) is 0 Å². The van der Waals surface area contributed by atoms with Gasteiger partial charge >= 0.3 is 0 Å². The summed E-state index contributed by atoms with van der Waals surface area (Å²) in [4.78, 5) is 33.6. The second kappa shape index (κ2) is 6.48. The zero-order valence-electron chi connectivity index (χ0n) is 16.8. The van der Waals surface area contributed by atoms with Gasteiger partial charge in [-0.05, 0) is 37.5 Å². The maximum absolute atomic E-state index is 13.4. The smallest absolute Gasteiger partial charge is 0.246 e. The van der Waals surface area contributed by atoms with Crippen LogP contribution >= 0.6 is 0 Å². The highest BCUT2D eigenvalue weighted by Crippen LogP contribution is 2.42. The van der Waals surface area contributed by atoms with Gasteiger partial charge in [-0.25, -0.2) is 0 Å². The number of H-pyrrole nitrogens is 1. The average molecular weight is 387 g/mol. The fourth-order valence-electron chi connectivity index (χ4n) is 5.04. The second-order valence-electron chi connectivity index (χ2n) is 8.56. The number of aromatic nitrogens is 1. The van der Waals surface area contributed by atoms with Crippen molar-refractivity contribution < 1.29 is 9.59 Å². The van der Waals surface area contributed by atoms with Crippen LogP contribution in [-0.2, 0) is 28.0 Å². The topological polar surface area (TPSA) is 56.4 Å². The lowest BCUT2D eigenvalue weighted by atomic mass is 9.82. The van der Waals surface area contributed by atoms with Crippen LogP contribution in [-0.4, -0.2) is 45.7 Å². The minimum atomic E-state index is -0.546. The molecular weight excluding hydrogens is 362 g/mol. The van der Waals surface area contributed by atoms with Crippen molar-refractivity contribution >= 4 is 22.7 Å². The van der Waals surface area contributed by atoms with Gasteiger partial charge in [-0.1, -0.05) is 48.5 Å². The van der Waals surface area contributed by atoms with Crippen LogP contribution in [0, 0.1) is 0 Å². The quantitative estimate of drug-likeness (QED) is 0.750. The Kier molecular flexibility index (Phi) is 4.02. The van der Waals surface area contributed by atoms with Crippen molar-refractivity contribution in [2.45, 2.75) is 38.3 Å². The molecule has 5 nitrogen and oxygen atoms in total. The molecule has 1 saturated heterocycles. The molecule has 1 fully saturated rings. The number of para-hydroxylation sites is 1. The number of fused-ring (bicyclic) bond motifs is 4. The van der Waals surface area contributed by atoms with E-state index in [0.717, 1.165) is 28.6 Å². The molecule has 5 rings (SSSR count). The molecule has 2 aliphatic heterocycles. The van der Waals surface area contributed by atoms with Gasteiger partial charge in [0.1, 0.15) is 6.04 Å². The van der Waals surface area contributed by atoms with Crippen molar-refractivity contribution in [1.82, 2.24) is 14.8 Å². The molecular formula is C24H25N3O2. The first-order valence-electron chi connectivity index (χ1n) is 10.2. The zero-order valence-corrected chi connectivity index (χ0v) is 16.8. The number of hydrogen-bond donors (Lipinski definition) is 1. The van der Waals surface area contributed by atoms with Gasteiger partial charge in [0.05, 0.1) is 12.1 Å². The van der Waals surface area contributed by atoms with Crippen molar-refractivity contribution in [1.29, 1.82) is 0 Å². The van der Waals surface area contributed by atoms with Crippen LogP contribution in [0.1, 0.15) is 30.7 Å². The first-order valence-corrected chi connectivity index (χ1v) is 10.2. The van der Waals surface area contributed by atoms with Crippen LogP contribution < -0.4 is 0 Å². The third kappa shape index (κ3) is 2.76. The molecule has 2 aliphatic rings. The minimum absolute atomic E-state index is 0.0250. The maximum Gasteiger partial charge on any atom is 0.246 e. The van der Waals surface area contributed by atoms with Crippen molar-refractivity contribution in [3.63, 3.8) is 0 Å². The summed E-state index contributed by atoms with van der Waals surface area (Å²) in [6.07, 6.45) is 1.32. The first-order chi connectivity index (χ1) is 14.0. The number of benzene rings is 2. The van der Waals surface area contributed by atoms with E-state index in [9.17, 15) is 9.59 Å². The molecule has 1 aromatic heterocycles. The molecule has 0 aliphatic carbocycles. The van der Waals surface area contributed by atoms with E-state index >= 15 is 0 Å². The molecule has 3 heterocycles. The van der Waals surface area contributed by atoms with Crippen molar-refractivity contribution in [3.8, 4) is 0 Å². The molecule has 148 valence electrons. The summed E-state index contributed by atoms with van der Waals surface area (Å²) in [5, 5.41) is 1.15. The third-order valence-corrected chi connectivity index (χ3v) is 6.44. The molecule has 1 atom stereocenters. The maximum atomic E-state index is 13.4. The van der Waals surface area contributed by atoms with E-state index in [2.05, 4.69) is 29.2 Å². The summed E-state index contributed by atoms with van der Waals surface area (Å²) in [5.74, 6) is 0.0847. The number of rotatable bonds is 3. The Morgan fingerprint density at radius 2 is 1.76 bits per heavy atom. The molecule has 0 radical (unpaired) electrons. The number of nitrogens with one attached hydrogen (secondary N) is 1. The molecule has 2 amide bonds. The van der Waals surface area contributed by atoms with Gasteiger partial charge in [0.25, 0.3) is 0 Å². The number of nitrogens with zero attached hydrogens (tertiary/aromatic N) is 2. The van der Waals surface area contributed by atoms with Crippen LogP contribution in [0.5, 0.6) is 0 Å². The Morgan fingerprint density at radius 3 is 2.55 bits per heavy atom. The number of carbonyl (C=O) groups excluding carboxylic acids is 2. The number of carbonyl (C=O) groups is 2. The fraction of sp³-hybridized carbons (Fsp3) is 0.333. The summed E-state index contributed by atoms with van der Waals surface area (Å²) in [7, 11) is 0. The lowest BCUT2D eigenvalue weighted by Crippen LogP contribution is -2.67. The molecule has 0 saturated carbocycles. The van der Waals surface area contributed by atoms with Crippen molar-refractivity contribution in [2.24, 2.45) is 0 Å². The van der Waals surface area contributed by atoms with E-state index in [4.69, 9.17) is 0 Å². The van der Waals surface area contributed by atoms with Gasteiger partial charge in [-0.3, -0.25) is 9.59 Å². The van der Waals surface area contributed by atoms with Crippen molar-refractivity contribution in [3.05, 3.63) is 71.4 Å². The van der Waals surface area contributed by atoms with Gasteiger partial charge in [0, 0.05) is 29.6 Å². The zero-order chi connectivity index (χ0) is 20.2. The fourth-order valence-corrected chi connectivity index (χ4v) is 5.04. The molecule has 29 heavy (non-hydrogen) atoms. The van der Waals surface area contributed by atoms with E-state index < -0.39 is 11.6 Å². The highest BCUT2D eigenvalue weighted by molar-refractivity contribution is 5.97. The minimum Gasteiger partial charge on any atom is -0.356 e. The van der Waals surface area contributed by atoms with E-state index in [1.54, 1.807) is 4.90 Å². The molecule has 2 aromatic carbocycles. The summed E-state index contributed by atoms with van der Waals surface area (Å²) >= 11 is 0. The number of aromatic amines is 1. The van der Waals surface area contributed by atoms with E-state index in [-0.39, 0.29) is 18.4 Å². The Hall–Kier alpha value is -3.08. The Bertz CT molecular complexity index is 1100. The third-order valence-electron chi connectivity index (χ3n) is 6.44. The van der Waals surface area contributed by atoms with Gasteiger partial charge in [0.15, 0.2) is 0 Å². The van der Waals surface area contributed by atoms with E-state index in [0.29, 0.717) is 13.0 Å². The first kappa shape index (κ1) is 18.0. The SMILES string of the molecule is CC1(C)c2[nH]c3ccccc3c2C[C@H]2C(=O)N(CCc3ccccc3)CC(=O)N21. The highest BCUT2D eigenvalue weighted by Gasteiger charge is 2.51. The summed E-state index contributed by atoms with van der Waals surface area (Å²) < 4.78 is 0. The van der Waals surface area contributed by atoms with Crippen LogP contribution in [0.25, 0.3) is 10.9 Å². The Morgan fingerprint density at radius 1 is 1.03 bits per heavy atom. The molecule has 0 spiro atoms. The van der Waals surface area contributed by atoms with E-state index in [1.807, 2.05) is 49.1 Å². The van der Waals surface area contributed by atoms with E-state index in [1.165, 1.54) is 5.56 Å². The molecule has 5 heteroatoms. The predicted octanol–water partition coefficient (Wildman–Crippen LogP) is 3.24. The molecule has 0 bridgehead atoms. The molecule has 0 unspecified atom stereocenters. The lowest BCUT2D eigenvalue weighted by molar-refractivity contribution is -0.163. The highest BCUT2D eigenvalue weighted by atomic mass is 16.2. The largest absolute Gasteiger partial charge is 0.356 e. The summed E-state index contributed by atoms with van der Waals surface area (Å²) in [5.41, 5.74) is 3.91. The molecule has 1 N–H and O–H groups in total. The van der Waals surface area contributed by atoms with Crippen LogP contribution in [0.3, 0.4) is 0 Å². The standard InChI is InChI=1S/C24H25N3O2/c1-24(2)22-18(17-10-6-7-11-19(17)25-22)14-20-23(29)26(15-21(28)27(20)24)13-12-16-8-4-3-5-9-16/h3-11,20,25H,12-15H2,1-2H3/t20-/m0/s1. The number of piperazine rings is 1. The van der Waals surface area contributed by atoms with Crippen LogP contribution in [0.2, 0.25) is 0 Å². The van der Waals surface area contributed by atoms with Crippen molar-refractivity contribution in [2.75, 3.05) is 13.1 Å². The molecule has 3 aromatic rings. The predicted molar refractivity (Wildman–Crippen MR) is 112 cm³/mol. The van der Waals surface area contributed by atoms with Gasteiger partial charge in [-0.15, -0.1) is 0 Å². The normalized spacial score (nSPS) is 20.7. The summed E-state index contributed by atoms with van der Waals surface area (Å²) in [6, 6.07) is 17.9. The average Bonchev–Trinajstić information content (AvgIpc) is 3.10. The lowest BCUT2D eigenvalue weighted by Gasteiger charge is -2.51. The summed E-state index contributed by atoms with van der Waals surface area (Å²) in [6.45, 7) is 4.80. The monoisotopic (exact) mass is 387 g/mol. The Labute approximate surface area is 170 Å². The second-order valence-corrected chi connectivity index (χ2v) is 8.56. The van der Waals surface area contributed by atoms with Crippen LogP contribution in [0.4, 0.5) is 0 Å². The van der Waals surface area contributed by atoms with Gasteiger partial charge < -0.3 is 14.8 Å².